The Bertz CT molecular complexity index is 547. The second-order valence-electron chi connectivity index (χ2n) is 6.82. The Balaban J connectivity index is 2.00. The summed E-state index contributed by atoms with van der Waals surface area (Å²) in [5.41, 5.74) is 1.11. The van der Waals surface area contributed by atoms with Crippen molar-refractivity contribution in [3.8, 4) is 0 Å². The number of carbonyl (C=O) groups excluding carboxylic acids is 1. The molecule has 1 aliphatic heterocycles. The first kappa shape index (κ1) is 18.3. The van der Waals surface area contributed by atoms with Crippen molar-refractivity contribution in [3.63, 3.8) is 0 Å². The molecule has 0 aromatic heterocycles. The van der Waals surface area contributed by atoms with Gasteiger partial charge >= 0.3 is 12.0 Å². The minimum absolute atomic E-state index is 0.0579. The van der Waals surface area contributed by atoms with Crippen LogP contribution in [-0.2, 0) is 11.2 Å². The van der Waals surface area contributed by atoms with Crippen molar-refractivity contribution in [2.24, 2.45) is 5.92 Å². The first-order chi connectivity index (χ1) is 11.5. The highest BCUT2D eigenvalue weighted by Crippen LogP contribution is 2.25. The molecule has 1 fully saturated rings. The molecule has 1 aromatic carbocycles. The molecule has 24 heavy (non-hydrogen) atoms. The number of carboxylic acid groups (broad SMARTS) is 1. The van der Waals surface area contributed by atoms with Crippen molar-refractivity contribution < 1.29 is 14.7 Å². The molecular weight excluding hydrogens is 304 g/mol. The number of hydrogen-bond donors (Lipinski definition) is 2. The van der Waals surface area contributed by atoms with Gasteiger partial charge in [0.05, 0.1) is 0 Å². The highest BCUT2D eigenvalue weighted by Gasteiger charge is 2.32. The lowest BCUT2D eigenvalue weighted by molar-refractivity contribution is -0.137. The van der Waals surface area contributed by atoms with Gasteiger partial charge in [0.1, 0.15) is 0 Å². The third-order valence-corrected chi connectivity index (χ3v) is 4.71. The third kappa shape index (κ3) is 5.25. The van der Waals surface area contributed by atoms with Crippen molar-refractivity contribution in [2.45, 2.75) is 58.0 Å². The van der Waals surface area contributed by atoms with E-state index in [0.717, 1.165) is 24.9 Å². The summed E-state index contributed by atoms with van der Waals surface area (Å²) in [6.07, 6.45) is 3.15. The van der Waals surface area contributed by atoms with Crippen LogP contribution >= 0.6 is 0 Å². The lowest BCUT2D eigenvalue weighted by Crippen LogP contribution is -2.47. The summed E-state index contributed by atoms with van der Waals surface area (Å²) in [4.78, 5) is 25.5. The Kier molecular flexibility index (Phi) is 6.64. The number of urea groups is 1. The van der Waals surface area contributed by atoms with E-state index in [4.69, 9.17) is 5.11 Å². The zero-order valence-corrected chi connectivity index (χ0v) is 14.6. The normalized spacial score (nSPS) is 21.5. The predicted octanol–water partition coefficient (Wildman–Crippen LogP) is 3.29. The number of aliphatic carboxylic acids is 1. The SMILES string of the molecule is CCC1CC(C)CN1C(=O)NC(CCC(=O)O)Cc1ccccc1. The van der Waals surface area contributed by atoms with Crippen LogP contribution in [0.4, 0.5) is 4.79 Å². The highest BCUT2D eigenvalue weighted by atomic mass is 16.4. The molecule has 1 aliphatic rings. The van der Waals surface area contributed by atoms with E-state index in [1.807, 2.05) is 35.2 Å². The van der Waals surface area contributed by atoms with Gasteiger partial charge in [-0.05, 0) is 37.2 Å². The fourth-order valence-corrected chi connectivity index (χ4v) is 3.47. The molecule has 0 spiro atoms. The fraction of sp³-hybridized carbons (Fsp3) is 0.579. The van der Waals surface area contributed by atoms with Crippen molar-refractivity contribution >= 4 is 12.0 Å². The van der Waals surface area contributed by atoms with Gasteiger partial charge in [-0.2, -0.15) is 0 Å². The molecule has 3 unspecified atom stereocenters. The number of likely N-dealkylation sites (tertiary alicyclic amines) is 1. The van der Waals surface area contributed by atoms with Crippen molar-refractivity contribution in [1.82, 2.24) is 10.2 Å². The number of nitrogens with zero attached hydrogens (tertiary/aromatic N) is 1. The zero-order chi connectivity index (χ0) is 17.5. The second kappa shape index (κ2) is 8.71. The summed E-state index contributed by atoms with van der Waals surface area (Å²) in [7, 11) is 0. The van der Waals surface area contributed by atoms with Gasteiger partial charge in [0.15, 0.2) is 0 Å². The molecule has 0 radical (unpaired) electrons. The van der Waals surface area contributed by atoms with Crippen molar-refractivity contribution in [2.75, 3.05) is 6.54 Å². The summed E-state index contributed by atoms with van der Waals surface area (Å²) < 4.78 is 0. The molecule has 5 heteroatoms. The number of rotatable bonds is 7. The van der Waals surface area contributed by atoms with Gasteiger partial charge in [-0.1, -0.05) is 44.2 Å². The zero-order valence-electron chi connectivity index (χ0n) is 14.6. The molecule has 2 amide bonds. The highest BCUT2D eigenvalue weighted by molar-refractivity contribution is 5.75. The summed E-state index contributed by atoms with van der Waals surface area (Å²) in [6, 6.07) is 9.95. The van der Waals surface area contributed by atoms with Gasteiger partial charge < -0.3 is 15.3 Å². The van der Waals surface area contributed by atoms with Crippen LogP contribution in [0.5, 0.6) is 0 Å². The Hall–Kier alpha value is -2.04. The maximum Gasteiger partial charge on any atom is 0.317 e. The molecule has 0 bridgehead atoms. The first-order valence-corrected chi connectivity index (χ1v) is 8.82. The van der Waals surface area contributed by atoms with Gasteiger partial charge in [0.2, 0.25) is 0 Å². The van der Waals surface area contributed by atoms with Crippen LogP contribution in [0.15, 0.2) is 30.3 Å². The van der Waals surface area contributed by atoms with E-state index >= 15 is 0 Å². The smallest absolute Gasteiger partial charge is 0.317 e. The third-order valence-electron chi connectivity index (χ3n) is 4.71. The van der Waals surface area contributed by atoms with Gasteiger partial charge in [0.25, 0.3) is 0 Å². The molecule has 2 N–H and O–H groups in total. The molecule has 132 valence electrons. The molecule has 1 heterocycles. The summed E-state index contributed by atoms with van der Waals surface area (Å²) in [5.74, 6) is -0.309. The Labute approximate surface area is 144 Å². The van der Waals surface area contributed by atoms with Crippen LogP contribution in [-0.4, -0.2) is 40.6 Å². The van der Waals surface area contributed by atoms with E-state index in [0.29, 0.717) is 18.8 Å². The van der Waals surface area contributed by atoms with Crippen molar-refractivity contribution in [1.29, 1.82) is 0 Å². The van der Waals surface area contributed by atoms with E-state index in [-0.39, 0.29) is 24.5 Å². The predicted molar refractivity (Wildman–Crippen MR) is 93.9 cm³/mol. The Morgan fingerprint density at radius 3 is 2.67 bits per heavy atom. The number of carboxylic acids is 1. The minimum Gasteiger partial charge on any atom is -0.481 e. The number of nitrogens with one attached hydrogen (secondary N) is 1. The van der Waals surface area contributed by atoms with Gasteiger partial charge in [-0.15, -0.1) is 0 Å². The molecule has 1 aromatic rings. The second-order valence-corrected chi connectivity index (χ2v) is 6.82. The lowest BCUT2D eigenvalue weighted by Gasteiger charge is -2.27. The quantitative estimate of drug-likeness (QED) is 0.805. The molecule has 5 nitrogen and oxygen atoms in total. The maximum absolute atomic E-state index is 12.7. The average Bonchev–Trinajstić information content (AvgIpc) is 2.94. The van der Waals surface area contributed by atoms with Crippen LogP contribution < -0.4 is 5.32 Å². The van der Waals surface area contributed by atoms with Crippen LogP contribution in [0, 0.1) is 5.92 Å². The summed E-state index contributed by atoms with van der Waals surface area (Å²) in [5, 5.41) is 12.0. The first-order valence-electron chi connectivity index (χ1n) is 8.82. The fourth-order valence-electron chi connectivity index (χ4n) is 3.47. The molecule has 1 saturated heterocycles. The number of amides is 2. The Morgan fingerprint density at radius 1 is 1.33 bits per heavy atom. The number of carbonyl (C=O) groups is 2. The van der Waals surface area contributed by atoms with E-state index in [1.54, 1.807) is 0 Å². The van der Waals surface area contributed by atoms with E-state index in [9.17, 15) is 9.59 Å². The van der Waals surface area contributed by atoms with Gasteiger partial charge in [0, 0.05) is 25.0 Å². The minimum atomic E-state index is -0.830. The molecular formula is C19H28N2O3. The lowest BCUT2D eigenvalue weighted by atomic mass is 10.0. The number of hydrogen-bond acceptors (Lipinski definition) is 2. The van der Waals surface area contributed by atoms with Gasteiger partial charge in [-0.3, -0.25) is 4.79 Å². The largest absolute Gasteiger partial charge is 0.481 e. The van der Waals surface area contributed by atoms with E-state index < -0.39 is 5.97 Å². The maximum atomic E-state index is 12.7. The van der Waals surface area contributed by atoms with Crippen LogP contribution in [0.3, 0.4) is 0 Å². The summed E-state index contributed by atoms with van der Waals surface area (Å²) >= 11 is 0. The molecule has 2 rings (SSSR count). The standard InChI is InChI=1S/C19H28N2O3/c1-3-17-11-14(2)13-21(17)19(24)20-16(9-10-18(22)23)12-15-7-5-4-6-8-15/h4-8,14,16-17H,3,9-13H2,1-2H3,(H,20,24)(H,22,23). The van der Waals surface area contributed by atoms with E-state index in [1.165, 1.54) is 0 Å². The van der Waals surface area contributed by atoms with Gasteiger partial charge in [-0.25, -0.2) is 4.79 Å². The number of benzene rings is 1. The topological polar surface area (TPSA) is 69.6 Å². The van der Waals surface area contributed by atoms with Crippen LogP contribution in [0.1, 0.15) is 45.1 Å². The summed E-state index contributed by atoms with van der Waals surface area (Å²) in [6.45, 7) is 5.05. The average molecular weight is 332 g/mol. The molecule has 3 atom stereocenters. The molecule has 0 aliphatic carbocycles. The Morgan fingerprint density at radius 2 is 2.04 bits per heavy atom. The van der Waals surface area contributed by atoms with Crippen LogP contribution in [0.2, 0.25) is 0 Å². The van der Waals surface area contributed by atoms with Crippen molar-refractivity contribution in [3.05, 3.63) is 35.9 Å². The van der Waals surface area contributed by atoms with E-state index in [2.05, 4.69) is 19.2 Å². The monoisotopic (exact) mass is 332 g/mol. The molecule has 0 saturated carbocycles. The van der Waals surface area contributed by atoms with Crippen LogP contribution in [0.25, 0.3) is 0 Å².